The van der Waals surface area contributed by atoms with E-state index in [1.165, 1.54) is 0 Å². The monoisotopic (exact) mass is 439 g/mol. The number of methoxy groups -OCH3 is 1. The minimum absolute atomic E-state index is 0.0511. The number of ether oxygens (including phenoxy) is 1. The molecule has 0 radical (unpaired) electrons. The van der Waals surface area contributed by atoms with Gasteiger partial charge in [-0.1, -0.05) is 56.3 Å². The van der Waals surface area contributed by atoms with Crippen molar-refractivity contribution in [1.82, 2.24) is 5.32 Å². The first kappa shape index (κ1) is 25.7. The van der Waals surface area contributed by atoms with Crippen molar-refractivity contribution in [3.05, 3.63) is 65.7 Å². The lowest BCUT2D eigenvalue weighted by Crippen LogP contribution is -2.43. The fourth-order valence-electron chi connectivity index (χ4n) is 3.69. The Morgan fingerprint density at radius 3 is 2.28 bits per heavy atom. The molecule has 174 valence electrons. The summed E-state index contributed by atoms with van der Waals surface area (Å²) < 4.78 is 5.12. The van der Waals surface area contributed by atoms with Crippen LogP contribution in [-0.4, -0.2) is 37.4 Å². The molecule has 0 aromatic heterocycles. The van der Waals surface area contributed by atoms with Gasteiger partial charge in [-0.3, -0.25) is 9.59 Å². The average molecular weight is 440 g/mol. The molecule has 0 unspecified atom stereocenters. The first-order valence-corrected chi connectivity index (χ1v) is 11.3. The van der Waals surface area contributed by atoms with E-state index in [9.17, 15) is 9.59 Å². The maximum atomic E-state index is 13.2. The number of hydrogen-bond donors (Lipinski definition) is 3. The van der Waals surface area contributed by atoms with Crippen molar-refractivity contribution in [2.45, 2.75) is 58.2 Å². The van der Waals surface area contributed by atoms with Crippen molar-refractivity contribution in [2.24, 2.45) is 11.7 Å². The SMILES string of the molecule is COCc1ccc(NC(=O)[C@H](CCCN)CC(=O)[C@H](Cc2ccccc2)NC(C)C)cc1. The van der Waals surface area contributed by atoms with E-state index >= 15 is 0 Å². The van der Waals surface area contributed by atoms with Crippen LogP contribution in [0.2, 0.25) is 0 Å². The third-order valence-corrected chi connectivity index (χ3v) is 5.31. The molecule has 2 aromatic carbocycles. The molecule has 0 saturated carbocycles. The number of amides is 1. The average Bonchev–Trinajstić information content (AvgIpc) is 2.78. The van der Waals surface area contributed by atoms with Gasteiger partial charge in [-0.25, -0.2) is 0 Å². The summed E-state index contributed by atoms with van der Waals surface area (Å²) >= 11 is 0. The topological polar surface area (TPSA) is 93.4 Å². The molecule has 2 aromatic rings. The largest absolute Gasteiger partial charge is 0.380 e. The van der Waals surface area contributed by atoms with Gasteiger partial charge in [0.2, 0.25) is 5.91 Å². The Morgan fingerprint density at radius 1 is 1.00 bits per heavy atom. The van der Waals surface area contributed by atoms with Crippen LogP contribution in [-0.2, 0) is 27.4 Å². The lowest BCUT2D eigenvalue weighted by Gasteiger charge is -2.23. The summed E-state index contributed by atoms with van der Waals surface area (Å²) in [6.07, 6.45) is 2.06. The van der Waals surface area contributed by atoms with E-state index in [1.54, 1.807) is 7.11 Å². The van der Waals surface area contributed by atoms with Crippen LogP contribution in [0.4, 0.5) is 5.69 Å². The highest BCUT2D eigenvalue weighted by Gasteiger charge is 2.27. The van der Waals surface area contributed by atoms with Crippen LogP contribution in [0.5, 0.6) is 0 Å². The molecular formula is C26H37N3O3. The predicted octanol–water partition coefficient (Wildman–Crippen LogP) is 3.70. The highest BCUT2D eigenvalue weighted by atomic mass is 16.5. The summed E-state index contributed by atoms with van der Waals surface area (Å²) in [5, 5.41) is 6.34. The minimum Gasteiger partial charge on any atom is -0.380 e. The van der Waals surface area contributed by atoms with Gasteiger partial charge in [0.05, 0.1) is 12.6 Å². The number of nitrogens with one attached hydrogen (secondary N) is 2. The predicted molar refractivity (Wildman–Crippen MR) is 129 cm³/mol. The van der Waals surface area contributed by atoms with Gasteiger partial charge in [0, 0.05) is 31.2 Å². The highest BCUT2D eigenvalue weighted by Crippen LogP contribution is 2.19. The van der Waals surface area contributed by atoms with Gasteiger partial charge in [0.1, 0.15) is 0 Å². The maximum Gasteiger partial charge on any atom is 0.227 e. The molecule has 6 nitrogen and oxygen atoms in total. The molecule has 0 aliphatic heterocycles. The van der Waals surface area contributed by atoms with E-state index < -0.39 is 5.92 Å². The molecule has 2 atom stereocenters. The van der Waals surface area contributed by atoms with Gasteiger partial charge in [-0.2, -0.15) is 0 Å². The lowest BCUT2D eigenvalue weighted by molar-refractivity contribution is -0.127. The number of hydrogen-bond acceptors (Lipinski definition) is 5. The van der Waals surface area contributed by atoms with Crippen molar-refractivity contribution < 1.29 is 14.3 Å². The summed E-state index contributed by atoms with van der Waals surface area (Å²) in [5.74, 6) is -0.513. The molecule has 0 spiro atoms. The molecule has 0 saturated heterocycles. The van der Waals surface area contributed by atoms with Gasteiger partial charge in [-0.15, -0.1) is 0 Å². The Labute approximate surface area is 191 Å². The summed E-state index contributed by atoms with van der Waals surface area (Å²) in [6.45, 7) is 5.06. The molecule has 0 heterocycles. The van der Waals surface area contributed by atoms with E-state index in [1.807, 2.05) is 68.4 Å². The number of nitrogens with two attached hydrogens (primary N) is 1. The van der Waals surface area contributed by atoms with Crippen LogP contribution in [0.25, 0.3) is 0 Å². The van der Waals surface area contributed by atoms with Crippen LogP contribution in [0.15, 0.2) is 54.6 Å². The summed E-state index contributed by atoms with van der Waals surface area (Å²) in [4.78, 5) is 26.3. The molecule has 2 rings (SSSR count). The van der Waals surface area contributed by atoms with Gasteiger partial charge in [0.15, 0.2) is 5.78 Å². The Morgan fingerprint density at radius 2 is 1.69 bits per heavy atom. The second-order valence-corrected chi connectivity index (χ2v) is 8.48. The Hall–Kier alpha value is -2.54. The molecular weight excluding hydrogens is 402 g/mol. The summed E-state index contributed by atoms with van der Waals surface area (Å²) in [5.41, 5.74) is 8.53. The molecule has 0 bridgehead atoms. The van der Waals surface area contributed by atoms with Gasteiger partial charge < -0.3 is 21.1 Å². The number of benzene rings is 2. The van der Waals surface area contributed by atoms with Crippen LogP contribution in [0, 0.1) is 5.92 Å². The molecule has 0 aliphatic rings. The number of carbonyl (C=O) groups is 2. The zero-order valence-electron chi connectivity index (χ0n) is 19.5. The number of anilines is 1. The van der Waals surface area contributed by atoms with Gasteiger partial charge in [0.25, 0.3) is 0 Å². The first-order valence-electron chi connectivity index (χ1n) is 11.3. The van der Waals surface area contributed by atoms with E-state index in [2.05, 4.69) is 10.6 Å². The Bertz CT molecular complexity index is 822. The summed E-state index contributed by atoms with van der Waals surface area (Å²) in [7, 11) is 1.65. The van der Waals surface area contributed by atoms with Gasteiger partial charge >= 0.3 is 0 Å². The number of rotatable bonds is 14. The first-order chi connectivity index (χ1) is 15.4. The van der Waals surface area contributed by atoms with Crippen molar-refractivity contribution in [3.8, 4) is 0 Å². The fourth-order valence-corrected chi connectivity index (χ4v) is 3.69. The third kappa shape index (κ3) is 8.91. The second kappa shape index (κ2) is 13.8. The number of ketones is 1. The normalized spacial score (nSPS) is 13.0. The van der Waals surface area contributed by atoms with Gasteiger partial charge in [-0.05, 0) is 49.1 Å². The smallest absolute Gasteiger partial charge is 0.227 e. The molecule has 0 fully saturated rings. The molecule has 32 heavy (non-hydrogen) atoms. The van der Waals surface area contributed by atoms with E-state index in [0.717, 1.165) is 11.1 Å². The van der Waals surface area contributed by atoms with Crippen LogP contribution >= 0.6 is 0 Å². The summed E-state index contributed by atoms with van der Waals surface area (Å²) in [6, 6.07) is 17.3. The standard InChI is InChI=1S/C26H37N3O3/c1-19(2)28-24(16-20-8-5-4-6-9-20)25(30)17-22(10-7-15-27)26(31)29-23-13-11-21(12-14-23)18-32-3/h4-6,8-9,11-14,19,22,24,28H,7,10,15-18,27H2,1-3H3,(H,29,31)/t22-,24+/m1/s1. The number of carbonyl (C=O) groups excluding carboxylic acids is 2. The molecule has 4 N–H and O–H groups in total. The quantitative estimate of drug-likeness (QED) is 0.417. The van der Waals surface area contributed by atoms with Crippen LogP contribution < -0.4 is 16.4 Å². The second-order valence-electron chi connectivity index (χ2n) is 8.48. The Balaban J connectivity index is 2.08. The van der Waals surface area contributed by atoms with Crippen LogP contribution in [0.1, 0.15) is 44.2 Å². The van der Waals surface area contributed by atoms with Crippen molar-refractivity contribution >= 4 is 17.4 Å². The molecule has 0 aliphatic carbocycles. The lowest BCUT2D eigenvalue weighted by atomic mass is 9.90. The van der Waals surface area contributed by atoms with Crippen LogP contribution in [0.3, 0.4) is 0 Å². The van der Waals surface area contributed by atoms with E-state index in [4.69, 9.17) is 10.5 Å². The maximum absolute atomic E-state index is 13.2. The van der Waals surface area contributed by atoms with Crippen molar-refractivity contribution in [1.29, 1.82) is 0 Å². The minimum atomic E-state index is -0.420. The molecule has 6 heteroatoms. The van der Waals surface area contributed by atoms with E-state index in [0.29, 0.717) is 38.1 Å². The third-order valence-electron chi connectivity index (χ3n) is 5.31. The highest BCUT2D eigenvalue weighted by molar-refractivity contribution is 5.96. The zero-order valence-corrected chi connectivity index (χ0v) is 19.5. The molecule has 1 amide bonds. The van der Waals surface area contributed by atoms with Crippen molar-refractivity contribution in [2.75, 3.05) is 19.0 Å². The zero-order chi connectivity index (χ0) is 23.3. The Kier molecular flexibility index (Phi) is 11.1. The van der Waals surface area contributed by atoms with E-state index in [-0.39, 0.29) is 30.2 Å². The number of Topliss-reactive ketones (excluding diaryl/α,β-unsaturated/α-hetero) is 1. The fraction of sp³-hybridized carbons (Fsp3) is 0.462. The van der Waals surface area contributed by atoms with Crippen molar-refractivity contribution in [3.63, 3.8) is 0 Å².